The molecule has 2 aliphatic carbocycles. The molecule has 6 rings (SSSR count). The normalized spacial score (nSPS) is 16.8. The molecule has 0 radical (unpaired) electrons. The molecule has 4 nitrogen and oxygen atoms in total. The first-order valence-corrected chi connectivity index (χ1v) is 17.4. The molecule has 0 N–H and O–H groups in total. The van der Waals surface area contributed by atoms with Crippen LogP contribution in [0.1, 0.15) is 98.3 Å². The summed E-state index contributed by atoms with van der Waals surface area (Å²) in [7, 11) is -3.84. The molecule has 2 aromatic heterocycles. The van der Waals surface area contributed by atoms with Gasteiger partial charge in [-0.1, -0.05) is 62.8 Å². The van der Waals surface area contributed by atoms with Gasteiger partial charge >= 0.3 is 0 Å². The van der Waals surface area contributed by atoms with Crippen molar-refractivity contribution in [1.82, 2.24) is 9.97 Å². The van der Waals surface area contributed by atoms with Crippen molar-refractivity contribution in [3.63, 3.8) is 0 Å². The predicted octanol–water partition coefficient (Wildman–Crippen LogP) is 9.30. The van der Waals surface area contributed by atoms with Crippen LogP contribution in [0, 0.1) is 11.6 Å². The molecular weight excluding hydrogens is 562 g/mol. The van der Waals surface area contributed by atoms with Crippen LogP contribution in [0.5, 0.6) is 0 Å². The van der Waals surface area contributed by atoms with E-state index in [1.54, 1.807) is 36.9 Å². The fraction of sp³-hybridized carbons (Fsp3) is 0.389. The van der Waals surface area contributed by atoms with Gasteiger partial charge in [-0.2, -0.15) is 0 Å². The highest BCUT2D eigenvalue weighted by atomic mass is 32.2. The molecule has 0 aliphatic heterocycles. The number of pyridine rings is 2. The number of benzene rings is 2. The smallest absolute Gasteiger partial charge is 0.158 e. The van der Waals surface area contributed by atoms with E-state index in [1.807, 2.05) is 12.1 Å². The number of sulfone groups is 1. The van der Waals surface area contributed by atoms with Crippen molar-refractivity contribution in [1.29, 1.82) is 0 Å². The first kappa shape index (κ1) is 29.6. The van der Waals surface area contributed by atoms with Crippen LogP contribution < -0.4 is 0 Å². The second kappa shape index (κ2) is 13.0. The van der Waals surface area contributed by atoms with Crippen LogP contribution >= 0.6 is 0 Å². The van der Waals surface area contributed by atoms with Gasteiger partial charge in [-0.3, -0.25) is 9.97 Å². The third-order valence-electron chi connectivity index (χ3n) is 9.28. The Morgan fingerprint density at radius 2 is 1.02 bits per heavy atom. The number of hydrogen-bond donors (Lipinski definition) is 0. The van der Waals surface area contributed by atoms with Gasteiger partial charge in [0, 0.05) is 47.0 Å². The van der Waals surface area contributed by atoms with Crippen molar-refractivity contribution in [3.05, 3.63) is 107 Å². The summed E-state index contributed by atoms with van der Waals surface area (Å²) in [5, 5.41) is 0. The van der Waals surface area contributed by atoms with Crippen LogP contribution in [0.3, 0.4) is 0 Å². The zero-order valence-corrected chi connectivity index (χ0v) is 25.3. The molecule has 2 aliphatic rings. The van der Waals surface area contributed by atoms with Crippen LogP contribution in [0.2, 0.25) is 0 Å². The van der Waals surface area contributed by atoms with E-state index in [4.69, 9.17) is 0 Å². The summed E-state index contributed by atoms with van der Waals surface area (Å²) < 4.78 is 57.0. The Hall–Kier alpha value is -3.45. The maximum absolute atomic E-state index is 15.3. The lowest BCUT2D eigenvalue weighted by atomic mass is 9.81. The fourth-order valence-corrected chi connectivity index (χ4v) is 8.54. The highest BCUT2D eigenvalue weighted by Crippen LogP contribution is 2.39. The molecule has 2 aromatic carbocycles. The molecule has 0 unspecified atom stereocenters. The molecule has 2 heterocycles. The van der Waals surface area contributed by atoms with E-state index < -0.39 is 33.0 Å². The Morgan fingerprint density at radius 1 is 0.605 bits per heavy atom. The second-order valence-corrected chi connectivity index (χ2v) is 14.3. The van der Waals surface area contributed by atoms with E-state index in [0.717, 1.165) is 36.8 Å². The number of aromatic nitrogens is 2. The van der Waals surface area contributed by atoms with E-state index >= 15 is 8.78 Å². The fourth-order valence-electron chi connectivity index (χ4n) is 7.02. The van der Waals surface area contributed by atoms with Crippen molar-refractivity contribution in [3.8, 4) is 22.3 Å². The predicted molar refractivity (Wildman–Crippen MR) is 167 cm³/mol. The Bertz CT molecular complexity index is 1570. The van der Waals surface area contributed by atoms with Gasteiger partial charge in [-0.25, -0.2) is 17.2 Å². The molecule has 2 saturated carbocycles. The minimum atomic E-state index is -3.84. The molecule has 0 atom stereocenters. The summed E-state index contributed by atoms with van der Waals surface area (Å²) in [5.41, 5.74) is 5.67. The zero-order valence-electron chi connectivity index (χ0n) is 24.4. The lowest BCUT2D eigenvalue weighted by Gasteiger charge is -2.24. The Kier molecular flexibility index (Phi) is 8.98. The van der Waals surface area contributed by atoms with E-state index in [1.165, 1.54) is 73.9 Å². The zero-order chi connectivity index (χ0) is 29.8. The molecule has 43 heavy (non-hydrogen) atoms. The molecule has 0 spiro atoms. The minimum absolute atomic E-state index is 0.0800. The van der Waals surface area contributed by atoms with Gasteiger partial charge in [0.1, 0.15) is 11.6 Å². The molecule has 7 heteroatoms. The highest BCUT2D eigenvalue weighted by Gasteiger charge is 2.23. The lowest BCUT2D eigenvalue weighted by molar-refractivity contribution is 0.444. The van der Waals surface area contributed by atoms with Gasteiger partial charge in [-0.15, -0.1) is 0 Å². The van der Waals surface area contributed by atoms with Crippen LogP contribution in [0.25, 0.3) is 22.3 Å². The third-order valence-corrected chi connectivity index (χ3v) is 10.8. The quantitative estimate of drug-likeness (QED) is 0.202. The summed E-state index contributed by atoms with van der Waals surface area (Å²) in [6.07, 6.45) is 18.8. The Morgan fingerprint density at radius 3 is 1.42 bits per heavy atom. The largest absolute Gasteiger partial charge is 0.264 e. The van der Waals surface area contributed by atoms with Crippen molar-refractivity contribution >= 4 is 9.84 Å². The standard InChI is InChI=1S/C36H38F2N2O2S/c37-35-19-27(33-21-39-17-15-31(33)25-7-3-1-4-8-25)11-13-29(35)23-43(41,42)24-30-14-12-28(20-36(30)38)34-22-40-18-16-32(34)26-9-5-2-6-10-26/h11-22,25-26H,1-10,23-24H2. The maximum Gasteiger partial charge on any atom is 0.158 e. The van der Waals surface area contributed by atoms with Gasteiger partial charge in [0.05, 0.1) is 11.5 Å². The third kappa shape index (κ3) is 6.87. The van der Waals surface area contributed by atoms with Crippen molar-refractivity contribution in [2.75, 3.05) is 0 Å². The molecule has 2 fully saturated rings. The summed E-state index contributed by atoms with van der Waals surface area (Å²) in [6.45, 7) is 0. The van der Waals surface area contributed by atoms with Gasteiger partial charge in [0.2, 0.25) is 0 Å². The van der Waals surface area contributed by atoms with Crippen LogP contribution in [0.15, 0.2) is 73.3 Å². The summed E-state index contributed by atoms with van der Waals surface area (Å²) in [4.78, 5) is 8.56. The summed E-state index contributed by atoms with van der Waals surface area (Å²) >= 11 is 0. The monoisotopic (exact) mass is 600 g/mol. The maximum atomic E-state index is 15.3. The van der Waals surface area contributed by atoms with Gasteiger partial charge in [0.25, 0.3) is 0 Å². The van der Waals surface area contributed by atoms with Crippen molar-refractivity contribution in [2.24, 2.45) is 0 Å². The molecule has 0 bridgehead atoms. The average molecular weight is 601 g/mol. The molecule has 0 saturated heterocycles. The van der Waals surface area contributed by atoms with Crippen molar-refractivity contribution < 1.29 is 17.2 Å². The topological polar surface area (TPSA) is 59.9 Å². The first-order chi connectivity index (χ1) is 20.9. The molecular formula is C36H38F2N2O2S. The number of rotatable bonds is 8. The lowest BCUT2D eigenvalue weighted by Crippen LogP contribution is -2.10. The number of hydrogen-bond acceptors (Lipinski definition) is 4. The molecule has 4 aromatic rings. The van der Waals surface area contributed by atoms with Crippen LogP contribution in [0.4, 0.5) is 8.78 Å². The Balaban J connectivity index is 1.18. The van der Waals surface area contributed by atoms with Crippen LogP contribution in [-0.2, 0) is 21.3 Å². The minimum Gasteiger partial charge on any atom is -0.264 e. The highest BCUT2D eigenvalue weighted by molar-refractivity contribution is 7.89. The average Bonchev–Trinajstić information content (AvgIpc) is 3.04. The van der Waals surface area contributed by atoms with E-state index in [-0.39, 0.29) is 11.1 Å². The van der Waals surface area contributed by atoms with E-state index in [2.05, 4.69) is 9.97 Å². The van der Waals surface area contributed by atoms with E-state index in [0.29, 0.717) is 23.0 Å². The number of halogens is 2. The van der Waals surface area contributed by atoms with Gasteiger partial charge in [-0.05, 0) is 84.0 Å². The summed E-state index contributed by atoms with van der Waals surface area (Å²) in [6, 6.07) is 13.5. The summed E-state index contributed by atoms with van der Waals surface area (Å²) in [5.74, 6) is -1.32. The van der Waals surface area contributed by atoms with Gasteiger partial charge < -0.3 is 0 Å². The molecule has 224 valence electrons. The number of nitrogens with zero attached hydrogens (tertiary/aromatic N) is 2. The second-order valence-electron chi connectivity index (χ2n) is 12.2. The SMILES string of the molecule is O=S(=O)(Cc1ccc(-c2cnccc2C2CCCCC2)cc1F)Cc1ccc(-c2cnccc2C2CCCCC2)cc1F. The first-order valence-electron chi connectivity index (χ1n) is 15.5. The van der Waals surface area contributed by atoms with Gasteiger partial charge in [0.15, 0.2) is 9.84 Å². The van der Waals surface area contributed by atoms with E-state index in [9.17, 15) is 8.42 Å². The van der Waals surface area contributed by atoms with Crippen molar-refractivity contribution in [2.45, 2.75) is 87.5 Å². The molecule has 0 amide bonds. The van der Waals surface area contributed by atoms with Crippen LogP contribution in [-0.4, -0.2) is 18.4 Å². The Labute approximate surface area is 253 Å².